The minimum atomic E-state index is -0.152. The van der Waals surface area contributed by atoms with Gasteiger partial charge in [-0.15, -0.1) is 0 Å². The Morgan fingerprint density at radius 1 is 1.47 bits per heavy atom. The molecule has 0 aromatic carbocycles. The normalized spacial score (nSPS) is 38.2. The molecule has 2 N–H and O–H groups in total. The highest BCUT2D eigenvalue weighted by Gasteiger charge is 2.42. The molecular weight excluding hydrogens is 188 g/mol. The number of aliphatic hydroxyl groups is 1. The first kappa shape index (κ1) is 11.4. The highest BCUT2D eigenvalue weighted by atomic mass is 16.3. The molecule has 4 atom stereocenters. The predicted molar refractivity (Wildman–Crippen MR) is 61.8 cm³/mol. The molecular formula is C12H24N2O. The van der Waals surface area contributed by atoms with E-state index in [0.29, 0.717) is 0 Å². The van der Waals surface area contributed by atoms with E-state index in [1.54, 1.807) is 0 Å². The molecule has 0 amide bonds. The molecule has 2 fully saturated rings. The summed E-state index contributed by atoms with van der Waals surface area (Å²) in [5.41, 5.74) is 0. The molecule has 4 unspecified atom stereocenters. The lowest BCUT2D eigenvalue weighted by Crippen LogP contribution is -2.36. The zero-order valence-corrected chi connectivity index (χ0v) is 9.95. The molecule has 0 aromatic heterocycles. The largest absolute Gasteiger partial charge is 0.393 e. The van der Waals surface area contributed by atoms with Crippen LogP contribution in [0.15, 0.2) is 0 Å². The van der Waals surface area contributed by atoms with Crippen molar-refractivity contribution >= 4 is 0 Å². The molecule has 0 bridgehead atoms. The van der Waals surface area contributed by atoms with Crippen molar-refractivity contribution in [2.75, 3.05) is 26.2 Å². The average Bonchev–Trinajstić information content (AvgIpc) is 2.72. The molecule has 2 aliphatic heterocycles. The number of likely N-dealkylation sites (tertiary alicyclic amines) is 1. The van der Waals surface area contributed by atoms with Crippen molar-refractivity contribution < 1.29 is 5.11 Å². The van der Waals surface area contributed by atoms with Crippen molar-refractivity contribution in [3.05, 3.63) is 0 Å². The number of nitrogens with one attached hydrogen (secondary N) is 1. The van der Waals surface area contributed by atoms with E-state index in [9.17, 15) is 5.11 Å². The first-order valence-corrected chi connectivity index (χ1v) is 6.35. The van der Waals surface area contributed by atoms with Crippen LogP contribution in [0.2, 0.25) is 0 Å². The Balaban J connectivity index is 1.89. The van der Waals surface area contributed by atoms with Crippen LogP contribution in [0.4, 0.5) is 0 Å². The highest BCUT2D eigenvalue weighted by Crippen LogP contribution is 2.34. The maximum absolute atomic E-state index is 9.34. The summed E-state index contributed by atoms with van der Waals surface area (Å²) in [4.78, 5) is 2.60. The van der Waals surface area contributed by atoms with Crippen LogP contribution in [0.5, 0.6) is 0 Å². The van der Waals surface area contributed by atoms with Gasteiger partial charge in [0.2, 0.25) is 0 Å². The summed E-state index contributed by atoms with van der Waals surface area (Å²) in [5.74, 6) is 1.73. The fourth-order valence-electron chi connectivity index (χ4n) is 3.28. The third kappa shape index (κ3) is 2.35. The Morgan fingerprint density at radius 3 is 2.93 bits per heavy atom. The van der Waals surface area contributed by atoms with Crippen LogP contribution < -0.4 is 5.32 Å². The van der Waals surface area contributed by atoms with Gasteiger partial charge in [0, 0.05) is 19.1 Å². The van der Waals surface area contributed by atoms with E-state index in [1.807, 2.05) is 6.92 Å². The minimum Gasteiger partial charge on any atom is -0.393 e. The van der Waals surface area contributed by atoms with Gasteiger partial charge >= 0.3 is 0 Å². The van der Waals surface area contributed by atoms with E-state index in [2.05, 4.69) is 17.1 Å². The Kier molecular flexibility index (Phi) is 3.65. The fourth-order valence-corrected chi connectivity index (χ4v) is 3.28. The van der Waals surface area contributed by atoms with Crippen molar-refractivity contribution in [3.63, 3.8) is 0 Å². The number of fused-ring (bicyclic) bond motifs is 1. The van der Waals surface area contributed by atoms with Gasteiger partial charge in [0.15, 0.2) is 0 Å². The van der Waals surface area contributed by atoms with E-state index >= 15 is 0 Å². The molecule has 15 heavy (non-hydrogen) atoms. The van der Waals surface area contributed by atoms with Crippen molar-refractivity contribution in [1.29, 1.82) is 0 Å². The Labute approximate surface area is 92.8 Å². The maximum atomic E-state index is 9.34. The summed E-state index contributed by atoms with van der Waals surface area (Å²) in [7, 11) is 0. The number of aliphatic hydroxyl groups excluding tert-OH is 1. The maximum Gasteiger partial charge on any atom is 0.0524 e. The topological polar surface area (TPSA) is 35.5 Å². The Morgan fingerprint density at radius 2 is 2.27 bits per heavy atom. The van der Waals surface area contributed by atoms with Crippen LogP contribution in [0.3, 0.4) is 0 Å². The van der Waals surface area contributed by atoms with Crippen LogP contribution >= 0.6 is 0 Å². The van der Waals surface area contributed by atoms with Crippen molar-refractivity contribution in [2.45, 2.75) is 38.8 Å². The minimum absolute atomic E-state index is 0.152. The van der Waals surface area contributed by atoms with Crippen LogP contribution in [-0.4, -0.2) is 48.3 Å². The first-order valence-electron chi connectivity index (χ1n) is 6.35. The fraction of sp³-hybridized carbons (Fsp3) is 1.00. The number of hydrogen-bond acceptors (Lipinski definition) is 3. The third-order valence-electron chi connectivity index (χ3n) is 4.08. The summed E-state index contributed by atoms with van der Waals surface area (Å²) < 4.78 is 0. The quantitative estimate of drug-likeness (QED) is 0.719. The first-order chi connectivity index (χ1) is 7.22. The summed E-state index contributed by atoms with van der Waals surface area (Å²) in [6.07, 6.45) is 2.02. The summed E-state index contributed by atoms with van der Waals surface area (Å²) in [6, 6.07) is 0.753. The van der Waals surface area contributed by atoms with Crippen LogP contribution in [0.1, 0.15) is 26.7 Å². The second-order valence-corrected chi connectivity index (χ2v) is 5.19. The molecule has 88 valence electrons. The van der Waals surface area contributed by atoms with Crippen LogP contribution in [-0.2, 0) is 0 Å². The average molecular weight is 212 g/mol. The lowest BCUT2D eigenvalue weighted by molar-refractivity contribution is 0.143. The van der Waals surface area contributed by atoms with Crippen LogP contribution in [0.25, 0.3) is 0 Å². The van der Waals surface area contributed by atoms with E-state index in [-0.39, 0.29) is 6.10 Å². The third-order valence-corrected chi connectivity index (χ3v) is 4.08. The van der Waals surface area contributed by atoms with Gasteiger partial charge in [-0.05, 0) is 44.7 Å². The zero-order chi connectivity index (χ0) is 10.8. The van der Waals surface area contributed by atoms with E-state index in [1.165, 1.54) is 26.1 Å². The van der Waals surface area contributed by atoms with Crippen molar-refractivity contribution in [2.24, 2.45) is 11.8 Å². The van der Waals surface area contributed by atoms with Gasteiger partial charge in [-0.25, -0.2) is 0 Å². The molecule has 0 radical (unpaired) electrons. The van der Waals surface area contributed by atoms with Gasteiger partial charge in [0.1, 0.15) is 0 Å². The standard InChI is InChI=1S/C12H24N2O/c1-3-12-11-7-13-6-10(11)8-14(12)5-4-9(2)15/h9-13,15H,3-8H2,1-2H3. The molecule has 0 saturated carbocycles. The van der Waals surface area contributed by atoms with E-state index in [0.717, 1.165) is 30.8 Å². The summed E-state index contributed by atoms with van der Waals surface area (Å²) in [5, 5.41) is 12.8. The SMILES string of the molecule is CCC1C2CNCC2CN1CCC(C)O. The second-order valence-electron chi connectivity index (χ2n) is 5.19. The Bertz CT molecular complexity index is 208. The molecule has 0 aliphatic carbocycles. The zero-order valence-electron chi connectivity index (χ0n) is 9.95. The molecule has 2 heterocycles. The van der Waals surface area contributed by atoms with Gasteiger partial charge in [-0.1, -0.05) is 6.92 Å². The van der Waals surface area contributed by atoms with Crippen molar-refractivity contribution in [3.8, 4) is 0 Å². The van der Waals surface area contributed by atoms with Gasteiger partial charge < -0.3 is 10.4 Å². The van der Waals surface area contributed by atoms with Gasteiger partial charge in [0.05, 0.1) is 6.10 Å². The summed E-state index contributed by atoms with van der Waals surface area (Å²) >= 11 is 0. The molecule has 3 heteroatoms. The summed E-state index contributed by atoms with van der Waals surface area (Å²) in [6.45, 7) is 8.90. The monoisotopic (exact) mass is 212 g/mol. The molecule has 2 aliphatic rings. The highest BCUT2D eigenvalue weighted by molar-refractivity contribution is 4.97. The number of rotatable bonds is 4. The predicted octanol–water partition coefficient (Wildman–Crippen LogP) is 0.687. The molecule has 0 spiro atoms. The second kappa shape index (κ2) is 4.81. The number of hydrogen-bond donors (Lipinski definition) is 2. The lowest BCUT2D eigenvalue weighted by Gasteiger charge is -2.27. The molecule has 2 saturated heterocycles. The van der Waals surface area contributed by atoms with Crippen molar-refractivity contribution in [1.82, 2.24) is 10.2 Å². The molecule has 3 nitrogen and oxygen atoms in total. The van der Waals surface area contributed by atoms with Gasteiger partial charge in [0.25, 0.3) is 0 Å². The number of nitrogens with zero attached hydrogens (tertiary/aromatic N) is 1. The van der Waals surface area contributed by atoms with E-state index in [4.69, 9.17) is 0 Å². The molecule has 0 aromatic rings. The smallest absolute Gasteiger partial charge is 0.0524 e. The van der Waals surface area contributed by atoms with Gasteiger partial charge in [-0.3, -0.25) is 4.90 Å². The van der Waals surface area contributed by atoms with Crippen LogP contribution in [0, 0.1) is 11.8 Å². The Hall–Kier alpha value is -0.120. The molecule has 2 rings (SSSR count). The van der Waals surface area contributed by atoms with Gasteiger partial charge in [-0.2, -0.15) is 0 Å². The van der Waals surface area contributed by atoms with E-state index < -0.39 is 0 Å². The lowest BCUT2D eigenvalue weighted by atomic mass is 9.93.